The molecule has 0 radical (unpaired) electrons. The standard InChI is InChI=1S/C18H21ClN2O4S/c1-2-17(22)21-8-3-4-12(11-21)18(23)20-15-7-9-26(24,25)16-6-5-13(19)10-14(15)16/h2,5-6,10,12,15H,1,3-4,7-9,11H2,(H,20,23). The lowest BCUT2D eigenvalue weighted by Gasteiger charge is -2.33. The molecular formula is C18H21ClN2O4S. The van der Waals surface area contributed by atoms with E-state index in [0.29, 0.717) is 36.5 Å². The van der Waals surface area contributed by atoms with E-state index in [1.807, 2.05) is 0 Å². The van der Waals surface area contributed by atoms with E-state index in [2.05, 4.69) is 11.9 Å². The predicted octanol–water partition coefficient (Wildman–Crippen LogP) is 2.10. The molecule has 0 aromatic heterocycles. The van der Waals surface area contributed by atoms with Crippen LogP contribution in [-0.4, -0.2) is 44.0 Å². The Morgan fingerprint density at radius 2 is 2.08 bits per heavy atom. The number of carbonyl (C=O) groups is 2. The molecule has 0 aliphatic carbocycles. The normalized spacial score (nSPS) is 24.4. The van der Waals surface area contributed by atoms with Gasteiger partial charge in [-0.05, 0) is 49.1 Å². The Morgan fingerprint density at radius 1 is 1.31 bits per heavy atom. The summed E-state index contributed by atoms with van der Waals surface area (Å²) in [5.74, 6) is -0.669. The molecule has 2 aliphatic heterocycles. The fourth-order valence-corrected chi connectivity index (χ4v) is 5.36. The molecule has 1 aromatic rings. The van der Waals surface area contributed by atoms with Crippen LogP contribution in [0.4, 0.5) is 0 Å². The van der Waals surface area contributed by atoms with Gasteiger partial charge in [0.2, 0.25) is 11.8 Å². The molecule has 3 rings (SSSR count). The highest BCUT2D eigenvalue weighted by molar-refractivity contribution is 7.91. The number of nitrogens with zero attached hydrogens (tertiary/aromatic N) is 1. The molecule has 1 saturated heterocycles. The summed E-state index contributed by atoms with van der Waals surface area (Å²) in [5, 5.41) is 3.39. The number of hydrogen-bond donors (Lipinski definition) is 1. The molecule has 0 bridgehead atoms. The number of nitrogens with one attached hydrogen (secondary N) is 1. The molecule has 1 N–H and O–H groups in total. The van der Waals surface area contributed by atoms with E-state index in [9.17, 15) is 18.0 Å². The molecular weight excluding hydrogens is 376 g/mol. The van der Waals surface area contributed by atoms with Crippen molar-refractivity contribution in [1.29, 1.82) is 0 Å². The van der Waals surface area contributed by atoms with Crippen LogP contribution in [0.2, 0.25) is 5.02 Å². The van der Waals surface area contributed by atoms with Crippen LogP contribution in [0.1, 0.15) is 30.9 Å². The first-order chi connectivity index (χ1) is 12.3. The van der Waals surface area contributed by atoms with Crippen molar-refractivity contribution in [2.75, 3.05) is 18.8 Å². The van der Waals surface area contributed by atoms with E-state index in [1.165, 1.54) is 12.1 Å². The summed E-state index contributed by atoms with van der Waals surface area (Å²) < 4.78 is 24.5. The second kappa shape index (κ2) is 7.40. The number of benzene rings is 1. The highest BCUT2D eigenvalue weighted by Gasteiger charge is 2.34. The summed E-state index contributed by atoms with van der Waals surface area (Å²) >= 11 is 6.03. The predicted molar refractivity (Wildman–Crippen MR) is 98.5 cm³/mol. The first kappa shape index (κ1) is 18.9. The molecule has 0 spiro atoms. The van der Waals surface area contributed by atoms with Crippen molar-refractivity contribution in [3.8, 4) is 0 Å². The Kier molecular flexibility index (Phi) is 5.39. The van der Waals surface area contributed by atoms with Gasteiger partial charge in [0.15, 0.2) is 9.84 Å². The largest absolute Gasteiger partial charge is 0.349 e. The minimum absolute atomic E-state index is 0.0156. The number of halogens is 1. The smallest absolute Gasteiger partial charge is 0.245 e. The summed E-state index contributed by atoms with van der Waals surface area (Å²) in [4.78, 5) is 26.4. The van der Waals surface area contributed by atoms with Crippen LogP contribution in [-0.2, 0) is 19.4 Å². The van der Waals surface area contributed by atoms with Crippen molar-refractivity contribution in [1.82, 2.24) is 10.2 Å². The van der Waals surface area contributed by atoms with Crippen molar-refractivity contribution >= 4 is 33.3 Å². The maximum Gasteiger partial charge on any atom is 0.245 e. The van der Waals surface area contributed by atoms with Crippen molar-refractivity contribution in [3.63, 3.8) is 0 Å². The van der Waals surface area contributed by atoms with Gasteiger partial charge in [-0.3, -0.25) is 9.59 Å². The SMILES string of the molecule is C=CC(=O)N1CCCC(C(=O)NC2CCS(=O)(=O)c3ccc(Cl)cc32)C1. The van der Waals surface area contributed by atoms with Gasteiger partial charge in [0.05, 0.1) is 22.6 Å². The number of fused-ring (bicyclic) bond motifs is 1. The second-order valence-corrected chi connectivity index (χ2v) is 9.19. The summed E-state index contributed by atoms with van der Waals surface area (Å²) in [6.07, 6.45) is 3.01. The molecule has 1 aromatic carbocycles. The van der Waals surface area contributed by atoms with E-state index in [4.69, 9.17) is 11.6 Å². The number of hydrogen-bond acceptors (Lipinski definition) is 4. The van der Waals surface area contributed by atoms with Crippen LogP contribution in [0.3, 0.4) is 0 Å². The molecule has 140 valence electrons. The highest BCUT2D eigenvalue weighted by atomic mass is 35.5. The zero-order chi connectivity index (χ0) is 18.9. The Labute approximate surface area is 158 Å². The molecule has 0 saturated carbocycles. The Balaban J connectivity index is 1.77. The van der Waals surface area contributed by atoms with Crippen LogP contribution in [0.15, 0.2) is 35.7 Å². The van der Waals surface area contributed by atoms with E-state index in [1.54, 1.807) is 17.0 Å². The first-order valence-electron chi connectivity index (χ1n) is 8.56. The quantitative estimate of drug-likeness (QED) is 0.793. The van der Waals surface area contributed by atoms with Crippen molar-refractivity contribution in [3.05, 3.63) is 41.4 Å². The minimum atomic E-state index is -3.35. The number of sulfone groups is 1. The topological polar surface area (TPSA) is 83.6 Å². The monoisotopic (exact) mass is 396 g/mol. The molecule has 2 unspecified atom stereocenters. The van der Waals surface area contributed by atoms with Crippen molar-refractivity contribution in [2.45, 2.75) is 30.2 Å². The lowest BCUT2D eigenvalue weighted by molar-refractivity contribution is -0.132. The van der Waals surface area contributed by atoms with E-state index < -0.39 is 15.9 Å². The van der Waals surface area contributed by atoms with Crippen LogP contribution < -0.4 is 5.32 Å². The van der Waals surface area contributed by atoms with Crippen LogP contribution in [0.25, 0.3) is 0 Å². The summed E-state index contributed by atoms with van der Waals surface area (Å²) in [7, 11) is -3.35. The maximum atomic E-state index is 12.7. The van der Waals surface area contributed by atoms with Gasteiger partial charge in [-0.15, -0.1) is 0 Å². The second-order valence-electron chi connectivity index (χ2n) is 6.68. The van der Waals surface area contributed by atoms with Gasteiger partial charge in [0, 0.05) is 18.1 Å². The van der Waals surface area contributed by atoms with Gasteiger partial charge >= 0.3 is 0 Å². The molecule has 2 aliphatic rings. The van der Waals surface area contributed by atoms with Gasteiger partial charge < -0.3 is 10.2 Å². The molecule has 6 nitrogen and oxygen atoms in total. The van der Waals surface area contributed by atoms with Crippen LogP contribution in [0.5, 0.6) is 0 Å². The summed E-state index contributed by atoms with van der Waals surface area (Å²) in [6, 6.07) is 4.25. The van der Waals surface area contributed by atoms with Crippen LogP contribution in [0, 0.1) is 5.92 Å². The molecule has 26 heavy (non-hydrogen) atoms. The molecule has 1 fully saturated rings. The summed E-state index contributed by atoms with van der Waals surface area (Å²) in [6.45, 7) is 4.46. The fraction of sp³-hybridized carbons (Fsp3) is 0.444. The average molecular weight is 397 g/mol. The highest BCUT2D eigenvalue weighted by Crippen LogP contribution is 2.34. The molecule has 2 heterocycles. The zero-order valence-corrected chi connectivity index (χ0v) is 15.9. The van der Waals surface area contributed by atoms with Gasteiger partial charge in [-0.1, -0.05) is 18.2 Å². The first-order valence-corrected chi connectivity index (χ1v) is 10.6. The van der Waals surface area contributed by atoms with Crippen molar-refractivity contribution < 1.29 is 18.0 Å². The molecule has 8 heteroatoms. The maximum absolute atomic E-state index is 12.7. The van der Waals surface area contributed by atoms with E-state index >= 15 is 0 Å². The fourth-order valence-electron chi connectivity index (χ4n) is 3.57. The van der Waals surface area contributed by atoms with E-state index in [-0.39, 0.29) is 28.4 Å². The number of carbonyl (C=O) groups excluding carboxylic acids is 2. The third-order valence-corrected chi connectivity index (χ3v) is 7.00. The Morgan fingerprint density at radius 3 is 2.81 bits per heavy atom. The lowest BCUT2D eigenvalue weighted by atomic mass is 9.95. The van der Waals surface area contributed by atoms with Gasteiger partial charge in [0.25, 0.3) is 0 Å². The number of piperidine rings is 1. The van der Waals surface area contributed by atoms with Gasteiger partial charge in [-0.25, -0.2) is 8.42 Å². The number of likely N-dealkylation sites (tertiary alicyclic amines) is 1. The Bertz CT molecular complexity index is 853. The third-order valence-electron chi connectivity index (χ3n) is 4.95. The van der Waals surface area contributed by atoms with E-state index in [0.717, 1.165) is 6.42 Å². The van der Waals surface area contributed by atoms with Gasteiger partial charge in [-0.2, -0.15) is 0 Å². The average Bonchev–Trinajstić information content (AvgIpc) is 2.63. The Hall–Kier alpha value is -1.86. The molecule has 2 atom stereocenters. The number of amides is 2. The number of rotatable bonds is 3. The minimum Gasteiger partial charge on any atom is -0.349 e. The molecule has 2 amide bonds. The van der Waals surface area contributed by atoms with Gasteiger partial charge in [0.1, 0.15) is 0 Å². The van der Waals surface area contributed by atoms with Crippen molar-refractivity contribution in [2.24, 2.45) is 5.92 Å². The zero-order valence-electron chi connectivity index (χ0n) is 14.3. The summed E-state index contributed by atoms with van der Waals surface area (Å²) in [5.41, 5.74) is 0.534. The van der Waals surface area contributed by atoms with Crippen LogP contribution >= 0.6 is 11.6 Å². The third kappa shape index (κ3) is 3.78. The lowest BCUT2D eigenvalue weighted by Crippen LogP contribution is -2.46.